The first kappa shape index (κ1) is 20.3. The standard InChI is InChI=1S/C24H16BrNO3S/c1-28-20-11-17(12-22-23(27)18-4-2-3-5-21(18)30-22)10-19(25)24(20)29-14-16-8-6-15(13-26)7-9-16/h2-12H,14H2,1H3/b22-12-. The van der Waals surface area contributed by atoms with Crippen LogP contribution in [-0.4, -0.2) is 12.9 Å². The van der Waals surface area contributed by atoms with Gasteiger partial charge in [-0.25, -0.2) is 0 Å². The van der Waals surface area contributed by atoms with E-state index in [4.69, 9.17) is 14.7 Å². The number of hydrogen-bond donors (Lipinski definition) is 0. The third-order valence-corrected chi connectivity index (χ3v) is 6.28. The van der Waals surface area contributed by atoms with Gasteiger partial charge in [0.05, 0.1) is 28.1 Å². The van der Waals surface area contributed by atoms with Gasteiger partial charge >= 0.3 is 0 Å². The number of Topliss-reactive ketones (excluding diaryl/α,β-unsaturated/α-hetero) is 1. The quantitative estimate of drug-likeness (QED) is 0.407. The van der Waals surface area contributed by atoms with Gasteiger partial charge in [0.15, 0.2) is 11.5 Å². The molecule has 148 valence electrons. The van der Waals surface area contributed by atoms with Gasteiger partial charge in [-0.3, -0.25) is 4.79 Å². The number of benzene rings is 3. The molecule has 0 saturated heterocycles. The second-order valence-corrected chi connectivity index (χ2v) is 8.51. The molecule has 1 heterocycles. The summed E-state index contributed by atoms with van der Waals surface area (Å²) in [4.78, 5) is 14.3. The SMILES string of the molecule is COc1cc(/C=C2\Sc3ccccc3C2=O)cc(Br)c1OCc1ccc(C#N)cc1. The van der Waals surface area contributed by atoms with Crippen LogP contribution in [0, 0.1) is 11.3 Å². The van der Waals surface area contributed by atoms with Crippen LogP contribution < -0.4 is 9.47 Å². The van der Waals surface area contributed by atoms with Gasteiger partial charge in [-0.15, -0.1) is 0 Å². The first-order valence-electron chi connectivity index (χ1n) is 9.11. The summed E-state index contributed by atoms with van der Waals surface area (Å²) >= 11 is 5.03. The topological polar surface area (TPSA) is 59.3 Å². The van der Waals surface area contributed by atoms with E-state index in [9.17, 15) is 4.79 Å². The van der Waals surface area contributed by atoms with Crippen molar-refractivity contribution in [2.45, 2.75) is 11.5 Å². The zero-order valence-electron chi connectivity index (χ0n) is 16.0. The van der Waals surface area contributed by atoms with Crippen LogP contribution in [0.5, 0.6) is 11.5 Å². The summed E-state index contributed by atoms with van der Waals surface area (Å²) in [5, 5.41) is 8.91. The fourth-order valence-corrected chi connectivity index (χ4v) is 4.71. The molecular formula is C24H16BrNO3S. The molecule has 4 nitrogen and oxygen atoms in total. The van der Waals surface area contributed by atoms with Crippen molar-refractivity contribution in [1.29, 1.82) is 5.26 Å². The Morgan fingerprint density at radius 1 is 1.13 bits per heavy atom. The van der Waals surface area contributed by atoms with Gasteiger partial charge < -0.3 is 9.47 Å². The van der Waals surface area contributed by atoms with Gasteiger partial charge in [-0.05, 0) is 69.5 Å². The smallest absolute Gasteiger partial charge is 0.200 e. The highest BCUT2D eigenvalue weighted by Gasteiger charge is 2.25. The second kappa shape index (κ2) is 8.78. The van der Waals surface area contributed by atoms with E-state index in [0.29, 0.717) is 28.6 Å². The fourth-order valence-electron chi connectivity index (χ4n) is 3.08. The summed E-state index contributed by atoms with van der Waals surface area (Å²) in [5.41, 5.74) is 3.13. The van der Waals surface area contributed by atoms with Gasteiger partial charge in [0, 0.05) is 10.5 Å². The van der Waals surface area contributed by atoms with Crippen LogP contribution in [0.25, 0.3) is 6.08 Å². The number of nitriles is 1. The number of thioether (sulfide) groups is 1. The predicted octanol–water partition coefficient (Wildman–Crippen LogP) is 6.24. The minimum atomic E-state index is 0.0341. The number of rotatable bonds is 5. The summed E-state index contributed by atoms with van der Waals surface area (Å²) in [6, 6.07) is 20.7. The Bertz CT molecular complexity index is 1200. The number of carbonyl (C=O) groups is 1. The van der Waals surface area contributed by atoms with Crippen molar-refractivity contribution in [2.24, 2.45) is 0 Å². The molecule has 30 heavy (non-hydrogen) atoms. The Hall–Kier alpha value is -3.01. The van der Waals surface area contributed by atoms with Crippen molar-refractivity contribution in [2.75, 3.05) is 7.11 Å². The summed E-state index contributed by atoms with van der Waals surface area (Å²) < 4.78 is 12.2. The van der Waals surface area contributed by atoms with Gasteiger partial charge in [-0.1, -0.05) is 36.0 Å². The number of nitrogens with zero attached hydrogens (tertiary/aromatic N) is 1. The van der Waals surface area contributed by atoms with Gasteiger partial charge in [-0.2, -0.15) is 5.26 Å². The van der Waals surface area contributed by atoms with Crippen molar-refractivity contribution in [3.8, 4) is 17.6 Å². The van der Waals surface area contributed by atoms with E-state index in [1.807, 2.05) is 54.6 Å². The molecule has 0 amide bonds. The predicted molar refractivity (Wildman–Crippen MR) is 121 cm³/mol. The molecule has 1 aliphatic heterocycles. The Morgan fingerprint density at radius 2 is 1.90 bits per heavy atom. The van der Waals surface area contributed by atoms with Gasteiger partial charge in [0.25, 0.3) is 0 Å². The average Bonchev–Trinajstić information content (AvgIpc) is 3.08. The van der Waals surface area contributed by atoms with Crippen LogP contribution in [0.4, 0.5) is 0 Å². The number of ether oxygens (including phenoxy) is 2. The lowest BCUT2D eigenvalue weighted by atomic mass is 10.1. The van der Waals surface area contributed by atoms with Crippen molar-refractivity contribution in [1.82, 2.24) is 0 Å². The number of hydrogen-bond acceptors (Lipinski definition) is 5. The maximum atomic E-state index is 12.6. The molecule has 0 atom stereocenters. The summed E-state index contributed by atoms with van der Waals surface area (Å²) in [6.07, 6.45) is 1.87. The van der Waals surface area contributed by atoms with Crippen molar-refractivity contribution >= 4 is 39.6 Å². The number of halogens is 1. The molecule has 4 rings (SSSR count). The molecule has 0 aliphatic carbocycles. The Morgan fingerprint density at radius 3 is 2.60 bits per heavy atom. The van der Waals surface area contributed by atoms with Gasteiger partial charge in [0.2, 0.25) is 5.78 Å². The molecule has 0 radical (unpaired) electrons. The van der Waals surface area contributed by atoms with Crippen molar-refractivity contribution in [3.05, 3.63) is 92.3 Å². The lowest BCUT2D eigenvalue weighted by Crippen LogP contribution is -1.99. The third-order valence-electron chi connectivity index (χ3n) is 4.59. The highest BCUT2D eigenvalue weighted by molar-refractivity contribution is 9.10. The summed E-state index contributed by atoms with van der Waals surface area (Å²) in [5.74, 6) is 1.18. The number of methoxy groups -OCH3 is 1. The number of ketones is 1. The zero-order chi connectivity index (χ0) is 21.1. The van der Waals surface area contributed by atoms with Crippen LogP contribution in [0.2, 0.25) is 0 Å². The maximum Gasteiger partial charge on any atom is 0.200 e. The largest absolute Gasteiger partial charge is 0.493 e. The molecule has 0 spiro atoms. The summed E-state index contributed by atoms with van der Waals surface area (Å²) in [7, 11) is 1.58. The molecule has 6 heteroatoms. The van der Waals surface area contributed by atoms with E-state index in [0.717, 1.165) is 26.1 Å². The van der Waals surface area contributed by atoms with Gasteiger partial charge in [0.1, 0.15) is 6.61 Å². The first-order chi connectivity index (χ1) is 14.6. The lowest BCUT2D eigenvalue weighted by Gasteiger charge is -2.14. The monoisotopic (exact) mass is 477 g/mol. The molecule has 0 bridgehead atoms. The van der Waals surface area contributed by atoms with Crippen molar-refractivity contribution < 1.29 is 14.3 Å². The normalized spacial score (nSPS) is 13.8. The van der Waals surface area contributed by atoms with E-state index >= 15 is 0 Å². The van der Waals surface area contributed by atoms with Crippen LogP contribution >= 0.6 is 27.7 Å². The van der Waals surface area contributed by atoms with E-state index in [-0.39, 0.29) is 5.78 Å². The second-order valence-electron chi connectivity index (χ2n) is 6.57. The highest BCUT2D eigenvalue weighted by atomic mass is 79.9. The molecule has 0 fully saturated rings. The third kappa shape index (κ3) is 4.13. The molecule has 3 aromatic rings. The lowest BCUT2D eigenvalue weighted by molar-refractivity contribution is 0.104. The number of allylic oxidation sites excluding steroid dienone is 1. The van der Waals surface area contributed by atoms with E-state index in [1.54, 1.807) is 19.2 Å². The first-order valence-corrected chi connectivity index (χ1v) is 10.7. The molecule has 0 aromatic heterocycles. The Balaban J connectivity index is 1.57. The molecule has 0 unspecified atom stereocenters. The Kier molecular flexibility index (Phi) is 5.93. The van der Waals surface area contributed by atoms with Crippen molar-refractivity contribution in [3.63, 3.8) is 0 Å². The fraction of sp³-hybridized carbons (Fsp3) is 0.0833. The van der Waals surface area contributed by atoms with E-state index in [2.05, 4.69) is 22.0 Å². The maximum absolute atomic E-state index is 12.6. The van der Waals surface area contributed by atoms with E-state index in [1.165, 1.54) is 11.8 Å². The molecular weight excluding hydrogens is 462 g/mol. The van der Waals surface area contributed by atoms with Crippen LogP contribution in [-0.2, 0) is 6.61 Å². The van der Waals surface area contributed by atoms with Crippen LogP contribution in [0.15, 0.2) is 74.9 Å². The van der Waals surface area contributed by atoms with Crippen LogP contribution in [0.1, 0.15) is 27.0 Å². The van der Waals surface area contributed by atoms with E-state index < -0.39 is 0 Å². The molecule has 0 N–H and O–H groups in total. The zero-order valence-corrected chi connectivity index (χ0v) is 18.4. The minimum Gasteiger partial charge on any atom is -0.493 e. The number of fused-ring (bicyclic) bond motifs is 1. The molecule has 3 aromatic carbocycles. The Labute approximate surface area is 187 Å². The average molecular weight is 478 g/mol. The summed E-state index contributed by atoms with van der Waals surface area (Å²) in [6.45, 7) is 0.338. The minimum absolute atomic E-state index is 0.0341. The molecule has 0 saturated carbocycles. The van der Waals surface area contributed by atoms with Crippen LogP contribution in [0.3, 0.4) is 0 Å². The highest BCUT2D eigenvalue weighted by Crippen LogP contribution is 2.42. The number of carbonyl (C=O) groups excluding carboxylic acids is 1. The molecule has 1 aliphatic rings.